The lowest BCUT2D eigenvalue weighted by Crippen LogP contribution is -2.49. The zero-order valence-corrected chi connectivity index (χ0v) is 13.6. The van der Waals surface area contributed by atoms with Crippen LogP contribution in [0, 0.1) is 0 Å². The number of amides is 2. The van der Waals surface area contributed by atoms with E-state index in [1.165, 1.54) is 5.56 Å². The summed E-state index contributed by atoms with van der Waals surface area (Å²) in [4.78, 5) is 14.1. The van der Waals surface area contributed by atoms with E-state index in [-0.39, 0.29) is 12.1 Å². The molecule has 0 spiro atoms. The third kappa shape index (κ3) is 5.56. The topological polar surface area (TPSA) is 53.6 Å². The van der Waals surface area contributed by atoms with Crippen molar-refractivity contribution in [1.29, 1.82) is 0 Å². The Kier molecular flexibility index (Phi) is 6.52. The normalized spacial score (nSPS) is 18.7. The number of benzene rings is 1. The van der Waals surface area contributed by atoms with Crippen molar-refractivity contribution in [3.8, 4) is 5.75 Å². The van der Waals surface area contributed by atoms with E-state index in [4.69, 9.17) is 4.74 Å². The van der Waals surface area contributed by atoms with E-state index < -0.39 is 0 Å². The zero-order valence-electron chi connectivity index (χ0n) is 13.6. The molecule has 1 atom stereocenters. The SMILES string of the molecule is COc1ccc(CCCNC(=O)N[C@H]2CCCN(C)C2)cc1. The van der Waals surface area contributed by atoms with E-state index >= 15 is 0 Å². The van der Waals surface area contributed by atoms with Crippen molar-refractivity contribution in [2.24, 2.45) is 0 Å². The van der Waals surface area contributed by atoms with E-state index in [1.807, 2.05) is 12.1 Å². The number of rotatable bonds is 6. The fraction of sp³-hybridized carbons (Fsp3) is 0.588. The van der Waals surface area contributed by atoms with Crippen LogP contribution < -0.4 is 15.4 Å². The maximum Gasteiger partial charge on any atom is 0.315 e. The van der Waals surface area contributed by atoms with Crippen LogP contribution in [0.15, 0.2) is 24.3 Å². The molecule has 1 fully saturated rings. The molecule has 22 heavy (non-hydrogen) atoms. The van der Waals surface area contributed by atoms with Gasteiger partial charge in [-0.25, -0.2) is 4.79 Å². The highest BCUT2D eigenvalue weighted by Crippen LogP contribution is 2.12. The van der Waals surface area contributed by atoms with Gasteiger partial charge in [0.1, 0.15) is 5.75 Å². The van der Waals surface area contributed by atoms with Crippen LogP contribution in [-0.2, 0) is 6.42 Å². The number of likely N-dealkylation sites (tertiary alicyclic amines) is 1. The maximum atomic E-state index is 11.9. The van der Waals surface area contributed by atoms with Crippen molar-refractivity contribution in [2.75, 3.05) is 33.8 Å². The second-order valence-electron chi connectivity index (χ2n) is 5.95. The summed E-state index contributed by atoms with van der Waals surface area (Å²) in [5.74, 6) is 0.874. The van der Waals surface area contributed by atoms with Crippen molar-refractivity contribution in [1.82, 2.24) is 15.5 Å². The van der Waals surface area contributed by atoms with Crippen molar-refractivity contribution in [3.05, 3.63) is 29.8 Å². The third-order valence-electron chi connectivity index (χ3n) is 4.05. The van der Waals surface area contributed by atoms with Crippen LogP contribution in [0.5, 0.6) is 5.75 Å². The average Bonchev–Trinajstić information content (AvgIpc) is 2.52. The highest BCUT2D eigenvalue weighted by Gasteiger charge is 2.18. The fourth-order valence-electron chi connectivity index (χ4n) is 2.81. The molecule has 2 N–H and O–H groups in total. The van der Waals surface area contributed by atoms with Crippen molar-refractivity contribution in [3.63, 3.8) is 0 Å². The lowest BCUT2D eigenvalue weighted by molar-refractivity contribution is 0.209. The number of piperidine rings is 1. The summed E-state index contributed by atoms with van der Waals surface area (Å²) >= 11 is 0. The first-order chi connectivity index (χ1) is 10.7. The van der Waals surface area contributed by atoms with Crippen LogP contribution in [0.1, 0.15) is 24.8 Å². The lowest BCUT2D eigenvalue weighted by Gasteiger charge is -2.30. The molecule has 0 saturated carbocycles. The van der Waals surface area contributed by atoms with Gasteiger partial charge in [0, 0.05) is 19.1 Å². The Hall–Kier alpha value is -1.75. The predicted octanol–water partition coefficient (Wildman–Crippen LogP) is 2.02. The summed E-state index contributed by atoms with van der Waals surface area (Å²) in [5, 5.41) is 6.00. The second kappa shape index (κ2) is 8.63. The smallest absolute Gasteiger partial charge is 0.315 e. The largest absolute Gasteiger partial charge is 0.497 e. The molecule has 1 aromatic rings. The summed E-state index contributed by atoms with van der Waals surface area (Å²) in [5.41, 5.74) is 1.26. The Morgan fingerprint density at radius 1 is 1.36 bits per heavy atom. The molecule has 1 heterocycles. The number of carbonyl (C=O) groups excluding carboxylic acids is 1. The fourth-order valence-corrected chi connectivity index (χ4v) is 2.81. The summed E-state index contributed by atoms with van der Waals surface area (Å²) in [6.45, 7) is 2.77. The van der Waals surface area contributed by atoms with Crippen LogP contribution in [0.25, 0.3) is 0 Å². The van der Waals surface area contributed by atoms with Crippen molar-refractivity contribution >= 4 is 6.03 Å². The molecule has 122 valence electrons. The minimum Gasteiger partial charge on any atom is -0.497 e. The molecular formula is C17H27N3O2. The minimum absolute atomic E-state index is 0.0463. The Morgan fingerprint density at radius 3 is 2.82 bits per heavy atom. The molecule has 0 bridgehead atoms. The third-order valence-corrected chi connectivity index (χ3v) is 4.05. The average molecular weight is 305 g/mol. The minimum atomic E-state index is -0.0463. The Morgan fingerprint density at radius 2 is 2.14 bits per heavy atom. The van der Waals surface area contributed by atoms with E-state index in [0.717, 1.165) is 44.5 Å². The number of urea groups is 1. The number of methoxy groups -OCH3 is 1. The van der Waals surface area contributed by atoms with Gasteiger partial charge in [-0.1, -0.05) is 12.1 Å². The predicted molar refractivity (Wildman–Crippen MR) is 88.4 cm³/mol. The Bertz CT molecular complexity index is 461. The highest BCUT2D eigenvalue weighted by atomic mass is 16.5. The molecule has 0 unspecified atom stereocenters. The lowest BCUT2D eigenvalue weighted by atomic mass is 10.1. The molecule has 5 nitrogen and oxygen atoms in total. The van der Waals surface area contributed by atoms with E-state index in [1.54, 1.807) is 7.11 Å². The molecule has 2 amide bonds. The number of aryl methyl sites for hydroxylation is 1. The molecule has 2 rings (SSSR count). The molecule has 1 aliphatic rings. The maximum absolute atomic E-state index is 11.9. The summed E-state index contributed by atoms with van der Waals surface area (Å²) in [6, 6.07) is 8.30. The summed E-state index contributed by atoms with van der Waals surface area (Å²) in [6.07, 6.45) is 4.11. The number of hydrogen-bond acceptors (Lipinski definition) is 3. The highest BCUT2D eigenvalue weighted by molar-refractivity contribution is 5.74. The molecule has 5 heteroatoms. The number of nitrogens with one attached hydrogen (secondary N) is 2. The second-order valence-corrected chi connectivity index (χ2v) is 5.95. The van der Waals surface area contributed by atoms with Crippen LogP contribution in [-0.4, -0.2) is 50.8 Å². The number of nitrogens with zero attached hydrogens (tertiary/aromatic N) is 1. The first kappa shape index (κ1) is 16.6. The summed E-state index contributed by atoms with van der Waals surface area (Å²) in [7, 11) is 3.77. The van der Waals surface area contributed by atoms with Gasteiger partial charge < -0.3 is 20.3 Å². The Balaban J connectivity index is 1.60. The van der Waals surface area contributed by atoms with Gasteiger partial charge in [0.2, 0.25) is 0 Å². The number of likely N-dealkylation sites (N-methyl/N-ethyl adjacent to an activating group) is 1. The van der Waals surface area contributed by atoms with Crippen molar-refractivity contribution in [2.45, 2.75) is 31.7 Å². The van der Waals surface area contributed by atoms with Gasteiger partial charge in [0.25, 0.3) is 0 Å². The summed E-state index contributed by atoms with van der Waals surface area (Å²) < 4.78 is 5.14. The Labute approximate surface area is 133 Å². The first-order valence-corrected chi connectivity index (χ1v) is 8.03. The van der Waals surface area contributed by atoms with Gasteiger partial charge in [-0.2, -0.15) is 0 Å². The van der Waals surface area contributed by atoms with Gasteiger partial charge in [-0.05, 0) is 57.0 Å². The molecule has 1 aliphatic heterocycles. The van der Waals surface area contributed by atoms with Gasteiger partial charge in [-0.15, -0.1) is 0 Å². The van der Waals surface area contributed by atoms with Gasteiger partial charge >= 0.3 is 6.03 Å². The van der Waals surface area contributed by atoms with Crippen LogP contribution in [0.3, 0.4) is 0 Å². The van der Waals surface area contributed by atoms with Gasteiger partial charge in [-0.3, -0.25) is 0 Å². The standard InChI is InChI=1S/C17H27N3O2/c1-20-12-4-6-15(13-20)19-17(21)18-11-3-5-14-7-9-16(22-2)10-8-14/h7-10,15H,3-6,11-13H2,1-2H3,(H2,18,19,21)/t15-/m0/s1. The van der Waals surface area contributed by atoms with Crippen LogP contribution >= 0.6 is 0 Å². The molecule has 1 saturated heterocycles. The van der Waals surface area contributed by atoms with Crippen LogP contribution in [0.2, 0.25) is 0 Å². The van der Waals surface area contributed by atoms with Crippen LogP contribution in [0.4, 0.5) is 4.79 Å². The molecule has 0 aliphatic carbocycles. The number of ether oxygens (including phenoxy) is 1. The number of hydrogen-bond donors (Lipinski definition) is 2. The monoisotopic (exact) mass is 305 g/mol. The quantitative estimate of drug-likeness (QED) is 0.791. The molecule has 0 radical (unpaired) electrons. The first-order valence-electron chi connectivity index (χ1n) is 8.03. The van der Waals surface area contributed by atoms with Gasteiger partial charge in [0.15, 0.2) is 0 Å². The van der Waals surface area contributed by atoms with Gasteiger partial charge in [0.05, 0.1) is 7.11 Å². The molecule has 1 aromatic carbocycles. The zero-order chi connectivity index (χ0) is 15.8. The van der Waals surface area contributed by atoms with E-state index in [2.05, 4.69) is 34.7 Å². The van der Waals surface area contributed by atoms with E-state index in [0.29, 0.717) is 6.54 Å². The van der Waals surface area contributed by atoms with E-state index in [9.17, 15) is 4.79 Å². The number of carbonyl (C=O) groups is 1. The van der Waals surface area contributed by atoms with Crippen molar-refractivity contribution < 1.29 is 9.53 Å². The molecular weight excluding hydrogens is 278 g/mol. The molecule has 0 aromatic heterocycles.